The molecule has 0 amide bonds. The zero-order chi connectivity index (χ0) is 11.7. The summed E-state index contributed by atoms with van der Waals surface area (Å²) in [4.78, 5) is 0. The summed E-state index contributed by atoms with van der Waals surface area (Å²) in [6.45, 7) is 8.90. The van der Waals surface area contributed by atoms with Gasteiger partial charge >= 0.3 is 0 Å². The van der Waals surface area contributed by atoms with Gasteiger partial charge in [0.2, 0.25) is 0 Å². The lowest BCUT2D eigenvalue weighted by Crippen LogP contribution is -2.08. The minimum absolute atomic E-state index is 0.298. The zero-order valence-corrected chi connectivity index (χ0v) is 11.7. The summed E-state index contributed by atoms with van der Waals surface area (Å²) >= 11 is 1.86. The van der Waals surface area contributed by atoms with E-state index in [2.05, 4.69) is 39.2 Å². The lowest BCUT2D eigenvalue weighted by molar-refractivity contribution is 0.131. The van der Waals surface area contributed by atoms with E-state index < -0.39 is 0 Å². The van der Waals surface area contributed by atoms with Crippen LogP contribution in [-0.4, -0.2) is 18.0 Å². The summed E-state index contributed by atoms with van der Waals surface area (Å²) in [6.07, 6.45) is 7.47. The lowest BCUT2D eigenvalue weighted by Gasteiger charge is -2.15. The van der Waals surface area contributed by atoms with Gasteiger partial charge in [0.25, 0.3) is 0 Å². The van der Waals surface area contributed by atoms with E-state index in [0.717, 1.165) is 6.42 Å². The van der Waals surface area contributed by atoms with Crippen LogP contribution in [0.25, 0.3) is 0 Å². The summed E-state index contributed by atoms with van der Waals surface area (Å²) < 4.78 is 5.72. The minimum Gasteiger partial charge on any atom is -0.377 e. The quantitative estimate of drug-likeness (QED) is 0.590. The summed E-state index contributed by atoms with van der Waals surface area (Å²) in [7, 11) is 1.79. The minimum atomic E-state index is 0.298. The number of unbranched alkanes of at least 4 members (excludes halogenated alkanes) is 2. The smallest absolute Gasteiger partial charge is 0.0760 e. The predicted molar refractivity (Wildman–Crippen MR) is 71.4 cm³/mol. The number of thioether (sulfide) groups is 1. The monoisotopic (exact) mass is 230 g/mol. The van der Waals surface area contributed by atoms with Gasteiger partial charge in [0.1, 0.15) is 0 Å². The van der Waals surface area contributed by atoms with E-state index in [-0.39, 0.29) is 0 Å². The highest BCUT2D eigenvalue weighted by atomic mass is 32.2. The summed E-state index contributed by atoms with van der Waals surface area (Å²) in [6, 6.07) is 0. The highest BCUT2D eigenvalue weighted by molar-refractivity contribution is 8.03. The molecule has 0 aliphatic carbocycles. The molecule has 0 saturated carbocycles. The van der Waals surface area contributed by atoms with Crippen LogP contribution < -0.4 is 0 Å². The molecule has 0 aromatic carbocycles. The topological polar surface area (TPSA) is 9.23 Å². The van der Waals surface area contributed by atoms with Crippen LogP contribution in [0.2, 0.25) is 0 Å². The normalized spacial score (nSPS) is 14.7. The van der Waals surface area contributed by atoms with Crippen LogP contribution in [0.4, 0.5) is 0 Å². The molecule has 1 nitrogen and oxygen atoms in total. The first-order valence-corrected chi connectivity index (χ1v) is 6.75. The number of ether oxygens (including phenoxy) is 1. The largest absolute Gasteiger partial charge is 0.377 e. The Morgan fingerprint density at radius 3 is 2.40 bits per heavy atom. The third-order valence-corrected chi connectivity index (χ3v) is 3.11. The fraction of sp³-hybridized carbons (Fsp3) is 0.846. The van der Waals surface area contributed by atoms with Gasteiger partial charge in [-0.3, -0.25) is 0 Å². The van der Waals surface area contributed by atoms with E-state index in [1.54, 1.807) is 7.11 Å². The average Bonchev–Trinajstić information content (AvgIpc) is 2.14. The Hall–Kier alpha value is 0.0500. The number of methoxy groups -OCH3 is 1. The van der Waals surface area contributed by atoms with Gasteiger partial charge in [0.15, 0.2) is 0 Å². The van der Waals surface area contributed by atoms with Crippen LogP contribution >= 0.6 is 11.8 Å². The molecule has 0 aromatic rings. The Morgan fingerprint density at radius 1 is 1.27 bits per heavy atom. The summed E-state index contributed by atoms with van der Waals surface area (Å²) in [5.74, 6) is 0. The molecule has 0 N–H and O–H groups in total. The van der Waals surface area contributed by atoms with Crippen molar-refractivity contribution in [1.29, 1.82) is 0 Å². The van der Waals surface area contributed by atoms with Crippen molar-refractivity contribution in [2.45, 2.75) is 64.2 Å². The van der Waals surface area contributed by atoms with E-state index >= 15 is 0 Å². The third-order valence-electron chi connectivity index (χ3n) is 2.11. The fourth-order valence-electron chi connectivity index (χ4n) is 1.22. The van der Waals surface area contributed by atoms with Gasteiger partial charge < -0.3 is 4.74 Å². The number of hydrogen-bond donors (Lipinski definition) is 0. The van der Waals surface area contributed by atoms with Gasteiger partial charge in [-0.1, -0.05) is 47.0 Å². The Morgan fingerprint density at radius 2 is 1.93 bits per heavy atom. The second-order valence-corrected chi connectivity index (χ2v) is 6.56. The van der Waals surface area contributed by atoms with E-state index in [4.69, 9.17) is 4.74 Å². The standard InChI is InChI=1S/C13H26OS/c1-6-7-8-9-12(14-5)10-11-15-13(2,3)4/h10-12H,6-9H2,1-5H3. The van der Waals surface area contributed by atoms with Gasteiger partial charge in [0.05, 0.1) is 6.10 Å². The molecule has 0 heterocycles. The SMILES string of the molecule is CCCCCC(C=CSC(C)(C)C)OC. The van der Waals surface area contributed by atoms with Crippen molar-refractivity contribution in [3.8, 4) is 0 Å². The van der Waals surface area contributed by atoms with Crippen molar-refractivity contribution in [2.24, 2.45) is 0 Å². The molecule has 2 heteroatoms. The van der Waals surface area contributed by atoms with Gasteiger partial charge in [-0.05, 0) is 17.9 Å². The van der Waals surface area contributed by atoms with Crippen molar-refractivity contribution >= 4 is 11.8 Å². The Labute approximate surface area is 99.7 Å². The Kier molecular flexibility index (Phi) is 8.26. The second kappa shape index (κ2) is 8.23. The highest BCUT2D eigenvalue weighted by Gasteiger charge is 2.08. The van der Waals surface area contributed by atoms with Crippen LogP contribution in [0.5, 0.6) is 0 Å². The van der Waals surface area contributed by atoms with E-state index in [1.165, 1.54) is 19.3 Å². The van der Waals surface area contributed by atoms with E-state index in [1.807, 2.05) is 11.8 Å². The molecule has 0 aromatic heterocycles. The first-order valence-electron chi connectivity index (χ1n) is 5.87. The predicted octanol–water partition coefficient (Wildman–Crippen LogP) is 4.63. The maximum Gasteiger partial charge on any atom is 0.0760 e. The summed E-state index contributed by atoms with van der Waals surface area (Å²) in [5.41, 5.74) is 0. The van der Waals surface area contributed by atoms with Crippen LogP contribution in [0.15, 0.2) is 11.5 Å². The van der Waals surface area contributed by atoms with Crippen molar-refractivity contribution in [2.75, 3.05) is 7.11 Å². The third kappa shape index (κ3) is 10.3. The molecule has 1 unspecified atom stereocenters. The highest BCUT2D eigenvalue weighted by Crippen LogP contribution is 2.24. The van der Waals surface area contributed by atoms with Gasteiger partial charge in [-0.15, -0.1) is 11.8 Å². The Bertz CT molecular complexity index is 170. The molecule has 1 atom stereocenters. The van der Waals surface area contributed by atoms with Crippen molar-refractivity contribution in [1.82, 2.24) is 0 Å². The molecule has 0 aliphatic heterocycles. The molecule has 0 aliphatic rings. The van der Waals surface area contributed by atoms with Crippen LogP contribution in [0, 0.1) is 0 Å². The number of hydrogen-bond acceptors (Lipinski definition) is 2. The molecule has 0 fully saturated rings. The molecule has 0 bridgehead atoms. The van der Waals surface area contributed by atoms with E-state index in [9.17, 15) is 0 Å². The van der Waals surface area contributed by atoms with Gasteiger partial charge in [-0.2, -0.15) is 0 Å². The molecular formula is C13H26OS. The maximum absolute atomic E-state index is 5.41. The van der Waals surface area contributed by atoms with Crippen molar-refractivity contribution in [3.63, 3.8) is 0 Å². The van der Waals surface area contributed by atoms with Crippen LogP contribution in [0.3, 0.4) is 0 Å². The summed E-state index contributed by atoms with van der Waals surface area (Å²) in [5, 5.41) is 2.18. The lowest BCUT2D eigenvalue weighted by atomic mass is 10.1. The average molecular weight is 230 g/mol. The molecule has 90 valence electrons. The van der Waals surface area contributed by atoms with Crippen LogP contribution in [0.1, 0.15) is 53.4 Å². The molecule has 0 radical (unpaired) electrons. The Balaban J connectivity index is 3.77. The van der Waals surface area contributed by atoms with Gasteiger partial charge in [-0.25, -0.2) is 0 Å². The fourth-order valence-corrected chi connectivity index (χ4v) is 1.88. The molecule has 0 rings (SSSR count). The molecule has 0 saturated heterocycles. The van der Waals surface area contributed by atoms with Gasteiger partial charge in [0, 0.05) is 11.9 Å². The number of rotatable bonds is 7. The molecule has 0 spiro atoms. The van der Waals surface area contributed by atoms with Crippen LogP contribution in [-0.2, 0) is 4.74 Å². The first-order chi connectivity index (χ1) is 6.99. The first kappa shape index (κ1) is 15.0. The van der Waals surface area contributed by atoms with Crippen molar-refractivity contribution in [3.05, 3.63) is 11.5 Å². The van der Waals surface area contributed by atoms with Crippen molar-refractivity contribution < 1.29 is 4.74 Å². The van der Waals surface area contributed by atoms with E-state index in [0.29, 0.717) is 10.9 Å². The molecular weight excluding hydrogens is 204 g/mol. The maximum atomic E-state index is 5.41. The molecule has 15 heavy (non-hydrogen) atoms. The second-order valence-electron chi connectivity index (χ2n) is 4.83. The zero-order valence-electron chi connectivity index (χ0n) is 10.9.